The number of aromatic nitrogens is 1. The lowest BCUT2D eigenvalue weighted by Gasteiger charge is -2.44. The molecule has 1 aromatic heterocycles. The number of benzene rings is 1. The number of nitrogens with zero attached hydrogens (tertiary/aromatic N) is 2. The zero-order valence-corrected chi connectivity index (χ0v) is 17.3. The van der Waals surface area contributed by atoms with Crippen molar-refractivity contribution in [3.63, 3.8) is 0 Å². The van der Waals surface area contributed by atoms with Gasteiger partial charge in [0.15, 0.2) is 11.4 Å². The molecule has 29 heavy (non-hydrogen) atoms. The second-order valence-electron chi connectivity index (χ2n) is 8.96. The average Bonchev–Trinajstić information content (AvgIpc) is 3.03. The Morgan fingerprint density at radius 2 is 2.14 bits per heavy atom. The molecule has 0 aliphatic carbocycles. The highest BCUT2D eigenvalue weighted by molar-refractivity contribution is 5.88. The summed E-state index contributed by atoms with van der Waals surface area (Å²) in [6.07, 6.45) is 1.97. The van der Waals surface area contributed by atoms with E-state index in [4.69, 9.17) is 10.3 Å². The van der Waals surface area contributed by atoms with Crippen LogP contribution in [0.4, 0.5) is 10.6 Å². The molecule has 0 spiro atoms. The minimum absolute atomic E-state index is 0.00380. The first-order valence-electron chi connectivity index (χ1n) is 10.0. The minimum Gasteiger partial charge on any atom is -0.465 e. The molecule has 4 N–H and O–H groups in total. The quantitative estimate of drug-likeness (QED) is 0.680. The van der Waals surface area contributed by atoms with Gasteiger partial charge in [0.25, 0.3) is 0 Å². The molecule has 0 bridgehead atoms. The molecule has 1 aliphatic heterocycles. The molecule has 2 unspecified atom stereocenters. The van der Waals surface area contributed by atoms with Crippen molar-refractivity contribution in [1.82, 2.24) is 10.1 Å². The number of primary amides is 1. The van der Waals surface area contributed by atoms with Crippen molar-refractivity contribution in [1.29, 1.82) is 0 Å². The van der Waals surface area contributed by atoms with Gasteiger partial charge in [0, 0.05) is 25.6 Å². The van der Waals surface area contributed by atoms with Crippen LogP contribution in [0.1, 0.15) is 45.6 Å². The highest BCUT2D eigenvalue weighted by Gasteiger charge is 2.38. The molecule has 1 saturated heterocycles. The molecule has 1 aliphatic rings. The number of likely N-dealkylation sites (tertiary alicyclic amines) is 1. The van der Waals surface area contributed by atoms with E-state index >= 15 is 0 Å². The summed E-state index contributed by atoms with van der Waals surface area (Å²) in [4.78, 5) is 24.2. The Bertz CT molecular complexity index is 886. The summed E-state index contributed by atoms with van der Waals surface area (Å²) < 4.78 is 5.35. The minimum atomic E-state index is -0.832. The summed E-state index contributed by atoms with van der Waals surface area (Å²) in [6, 6.07) is 6.01. The predicted octanol–water partition coefficient (Wildman–Crippen LogP) is 3.46. The normalized spacial score (nSPS) is 20.0. The number of hydrogen-bond acceptors (Lipinski definition) is 5. The molecule has 1 aromatic carbocycles. The zero-order valence-electron chi connectivity index (χ0n) is 17.3. The van der Waals surface area contributed by atoms with E-state index in [1.165, 1.54) is 5.56 Å². The molecular weight excluding hydrogens is 372 g/mol. The van der Waals surface area contributed by atoms with Crippen LogP contribution in [0.2, 0.25) is 0 Å². The fraction of sp³-hybridized carbons (Fsp3) is 0.571. The van der Waals surface area contributed by atoms with Gasteiger partial charge in [0.2, 0.25) is 5.91 Å². The summed E-state index contributed by atoms with van der Waals surface area (Å²) >= 11 is 0. The maximum Gasteiger partial charge on any atom is 0.407 e. The Hall–Kier alpha value is -2.77. The number of rotatable bonds is 6. The van der Waals surface area contributed by atoms with E-state index in [0.717, 1.165) is 24.6 Å². The molecular formula is C21H30N4O4. The van der Waals surface area contributed by atoms with Gasteiger partial charge in [0.05, 0.1) is 5.39 Å². The zero-order chi connectivity index (χ0) is 21.2. The fourth-order valence-electron chi connectivity index (χ4n) is 4.15. The van der Waals surface area contributed by atoms with Crippen molar-refractivity contribution in [2.45, 2.75) is 52.5 Å². The Balaban J connectivity index is 1.72. The van der Waals surface area contributed by atoms with E-state index in [1.54, 1.807) is 4.90 Å². The topological polar surface area (TPSA) is 122 Å². The summed E-state index contributed by atoms with van der Waals surface area (Å²) in [6.45, 7) is 7.27. The molecule has 8 nitrogen and oxygen atoms in total. The predicted molar refractivity (Wildman–Crippen MR) is 111 cm³/mol. The van der Waals surface area contributed by atoms with Gasteiger partial charge in [-0.2, -0.15) is 0 Å². The number of carbonyl (C=O) groups is 2. The van der Waals surface area contributed by atoms with Gasteiger partial charge in [-0.15, -0.1) is 0 Å². The number of nitrogens with two attached hydrogens (primary N) is 1. The van der Waals surface area contributed by atoms with Gasteiger partial charge >= 0.3 is 6.09 Å². The molecule has 2 atom stereocenters. The van der Waals surface area contributed by atoms with Crippen molar-refractivity contribution < 1.29 is 19.2 Å². The van der Waals surface area contributed by atoms with Crippen LogP contribution in [0, 0.1) is 11.3 Å². The van der Waals surface area contributed by atoms with Crippen molar-refractivity contribution in [3.05, 3.63) is 23.8 Å². The summed E-state index contributed by atoms with van der Waals surface area (Å²) in [5, 5.41) is 17.6. The van der Waals surface area contributed by atoms with Crippen LogP contribution >= 0.6 is 0 Å². The highest BCUT2D eigenvalue weighted by atomic mass is 16.5. The standard InChI is InChI=1S/C21H30N4O4/c1-21(2,3)17-12-14(7-9-25(17)20(27)28)10-13-4-5-16-15(11-13)19(24-29-16)23-8-6-18(22)26/h4-5,11,14,17H,6-10,12H2,1-3H3,(H2,22,26)(H,23,24)(H,27,28). The van der Waals surface area contributed by atoms with E-state index in [0.29, 0.717) is 30.4 Å². The summed E-state index contributed by atoms with van der Waals surface area (Å²) in [7, 11) is 0. The largest absolute Gasteiger partial charge is 0.465 e. The van der Waals surface area contributed by atoms with E-state index in [2.05, 4.69) is 37.3 Å². The molecule has 158 valence electrons. The molecule has 0 radical (unpaired) electrons. The number of piperidine rings is 1. The molecule has 2 amide bonds. The van der Waals surface area contributed by atoms with Crippen LogP contribution in [0.3, 0.4) is 0 Å². The van der Waals surface area contributed by atoms with Crippen LogP contribution in [0.5, 0.6) is 0 Å². The second-order valence-corrected chi connectivity index (χ2v) is 8.96. The third-order valence-electron chi connectivity index (χ3n) is 5.68. The Morgan fingerprint density at radius 1 is 1.38 bits per heavy atom. The number of hydrogen-bond donors (Lipinski definition) is 3. The first kappa shape index (κ1) is 21.0. The van der Waals surface area contributed by atoms with Gasteiger partial charge < -0.3 is 25.6 Å². The average molecular weight is 402 g/mol. The molecule has 0 saturated carbocycles. The molecule has 8 heteroatoms. The van der Waals surface area contributed by atoms with Gasteiger partial charge in [-0.05, 0) is 48.3 Å². The van der Waals surface area contributed by atoms with Gasteiger partial charge in [0.1, 0.15) is 0 Å². The number of carboxylic acid groups (broad SMARTS) is 1. The Kier molecular flexibility index (Phi) is 6.00. The van der Waals surface area contributed by atoms with Gasteiger partial charge in [-0.3, -0.25) is 4.79 Å². The number of carbonyl (C=O) groups excluding carboxylic acids is 1. The molecule has 3 rings (SSSR count). The summed E-state index contributed by atoms with van der Waals surface area (Å²) in [5.41, 5.74) is 6.93. The van der Waals surface area contributed by atoms with Crippen LogP contribution in [-0.2, 0) is 11.2 Å². The molecule has 2 heterocycles. The van der Waals surface area contributed by atoms with Crippen LogP contribution in [0.15, 0.2) is 22.7 Å². The molecule has 2 aromatic rings. The Morgan fingerprint density at radius 3 is 2.79 bits per heavy atom. The van der Waals surface area contributed by atoms with E-state index < -0.39 is 6.09 Å². The van der Waals surface area contributed by atoms with Gasteiger partial charge in [-0.1, -0.05) is 32.0 Å². The van der Waals surface area contributed by atoms with Crippen LogP contribution < -0.4 is 11.1 Å². The lowest BCUT2D eigenvalue weighted by atomic mass is 9.75. The highest BCUT2D eigenvalue weighted by Crippen LogP contribution is 2.36. The van der Waals surface area contributed by atoms with Crippen molar-refractivity contribution in [2.75, 3.05) is 18.4 Å². The fourth-order valence-corrected chi connectivity index (χ4v) is 4.15. The number of anilines is 1. The first-order valence-corrected chi connectivity index (χ1v) is 10.0. The first-order chi connectivity index (χ1) is 13.6. The van der Waals surface area contributed by atoms with Crippen molar-refractivity contribution in [3.8, 4) is 0 Å². The van der Waals surface area contributed by atoms with E-state index in [-0.39, 0.29) is 23.8 Å². The second kappa shape index (κ2) is 8.31. The molecule has 1 fully saturated rings. The van der Waals surface area contributed by atoms with E-state index in [9.17, 15) is 14.7 Å². The maximum absolute atomic E-state index is 11.6. The number of nitrogens with one attached hydrogen (secondary N) is 1. The third kappa shape index (κ3) is 4.99. The smallest absolute Gasteiger partial charge is 0.407 e. The Labute approximate surface area is 170 Å². The van der Waals surface area contributed by atoms with Crippen LogP contribution in [-0.4, -0.2) is 46.3 Å². The monoisotopic (exact) mass is 402 g/mol. The lowest BCUT2D eigenvalue weighted by molar-refractivity contribution is -0.117. The lowest BCUT2D eigenvalue weighted by Crippen LogP contribution is -2.51. The SMILES string of the molecule is CC(C)(C)C1CC(Cc2ccc3onc(NCCC(N)=O)c3c2)CCN1C(=O)O. The van der Waals surface area contributed by atoms with Crippen LogP contribution in [0.25, 0.3) is 11.0 Å². The summed E-state index contributed by atoms with van der Waals surface area (Å²) in [5.74, 6) is 0.655. The van der Waals surface area contributed by atoms with Crippen molar-refractivity contribution in [2.24, 2.45) is 17.1 Å². The number of fused-ring (bicyclic) bond motifs is 1. The van der Waals surface area contributed by atoms with Gasteiger partial charge in [-0.25, -0.2) is 4.79 Å². The third-order valence-corrected chi connectivity index (χ3v) is 5.68. The number of amides is 2. The van der Waals surface area contributed by atoms with E-state index in [1.807, 2.05) is 12.1 Å². The van der Waals surface area contributed by atoms with Crippen molar-refractivity contribution >= 4 is 28.8 Å². The maximum atomic E-state index is 11.6.